The summed E-state index contributed by atoms with van der Waals surface area (Å²) in [4.78, 5) is 0. The van der Waals surface area contributed by atoms with E-state index in [1.807, 2.05) is 11.3 Å². The Labute approximate surface area is 318 Å². The molecule has 4 heteroatoms. The van der Waals surface area contributed by atoms with Gasteiger partial charge in [-0.1, -0.05) is 140 Å². The fourth-order valence-corrected chi connectivity index (χ4v) is 11.7. The summed E-state index contributed by atoms with van der Waals surface area (Å²) in [5.74, 6) is 0. The standard InChI is InChI=1S/C50H33N2PS/c1-5-15-36(16-6-1)51-45-29-25-34(35-26-30-48-43(31-35)41-23-13-14-24-47(41)54-48)32-44(45)49-42-28-27-40(33-46(42)52(50(49)51)37-17-7-2-8-18-37)53(38-19-9-3-10-20-38)39-21-11-4-12-22-39/h1-33H. The summed E-state index contributed by atoms with van der Waals surface area (Å²) in [7, 11) is -0.780. The van der Waals surface area contributed by atoms with Gasteiger partial charge in [0.05, 0.1) is 11.0 Å². The van der Waals surface area contributed by atoms with Gasteiger partial charge < -0.3 is 0 Å². The molecule has 8 aromatic carbocycles. The Bertz CT molecular complexity index is 3100. The number of benzene rings is 8. The van der Waals surface area contributed by atoms with Crippen LogP contribution in [0.1, 0.15) is 0 Å². The maximum atomic E-state index is 2.49. The molecule has 11 aromatic rings. The van der Waals surface area contributed by atoms with Crippen LogP contribution in [0.25, 0.3) is 75.5 Å². The van der Waals surface area contributed by atoms with Gasteiger partial charge in [-0.15, -0.1) is 11.3 Å². The van der Waals surface area contributed by atoms with Crippen LogP contribution in [0.2, 0.25) is 0 Å². The van der Waals surface area contributed by atoms with Gasteiger partial charge in [0.15, 0.2) is 0 Å². The summed E-state index contributed by atoms with van der Waals surface area (Å²) in [5, 5.41) is 10.4. The summed E-state index contributed by atoms with van der Waals surface area (Å²) in [6.07, 6.45) is 0. The Balaban J connectivity index is 1.22. The van der Waals surface area contributed by atoms with Crippen molar-refractivity contribution in [3.05, 3.63) is 200 Å². The van der Waals surface area contributed by atoms with Gasteiger partial charge in [0.2, 0.25) is 0 Å². The van der Waals surface area contributed by atoms with E-state index in [0.29, 0.717) is 0 Å². The summed E-state index contributed by atoms with van der Waals surface area (Å²) < 4.78 is 7.62. The van der Waals surface area contributed by atoms with E-state index in [0.717, 1.165) is 11.4 Å². The van der Waals surface area contributed by atoms with Gasteiger partial charge in [0.25, 0.3) is 0 Å². The van der Waals surface area contributed by atoms with Crippen LogP contribution in [0.15, 0.2) is 200 Å². The Morgan fingerprint density at radius 1 is 0.352 bits per heavy atom. The molecule has 0 saturated carbocycles. The van der Waals surface area contributed by atoms with E-state index < -0.39 is 7.92 Å². The van der Waals surface area contributed by atoms with Crippen LogP contribution < -0.4 is 15.9 Å². The van der Waals surface area contributed by atoms with Crippen LogP contribution in [0.4, 0.5) is 0 Å². The maximum absolute atomic E-state index is 2.49. The Kier molecular flexibility index (Phi) is 7.36. The van der Waals surface area contributed by atoms with E-state index in [1.165, 1.54) is 80.1 Å². The van der Waals surface area contributed by atoms with Crippen molar-refractivity contribution in [1.29, 1.82) is 0 Å². The minimum atomic E-state index is -0.780. The second-order valence-corrected chi connectivity index (χ2v) is 17.1. The zero-order valence-electron chi connectivity index (χ0n) is 29.3. The number of rotatable bonds is 6. The van der Waals surface area contributed by atoms with Gasteiger partial charge in [-0.2, -0.15) is 0 Å². The summed E-state index contributed by atoms with van der Waals surface area (Å²) in [6, 6.07) is 73.7. The molecule has 0 saturated heterocycles. The van der Waals surface area contributed by atoms with E-state index in [2.05, 4.69) is 209 Å². The first-order chi connectivity index (χ1) is 26.8. The van der Waals surface area contributed by atoms with Gasteiger partial charge in [0, 0.05) is 47.7 Å². The highest BCUT2D eigenvalue weighted by atomic mass is 32.1. The number of hydrogen-bond acceptors (Lipinski definition) is 1. The lowest BCUT2D eigenvalue weighted by Gasteiger charge is -2.20. The largest absolute Gasteiger partial charge is 0.295 e. The van der Waals surface area contributed by atoms with Crippen molar-refractivity contribution in [3.63, 3.8) is 0 Å². The molecule has 3 heterocycles. The van der Waals surface area contributed by atoms with E-state index >= 15 is 0 Å². The monoisotopic (exact) mass is 724 g/mol. The van der Waals surface area contributed by atoms with Crippen molar-refractivity contribution in [2.24, 2.45) is 0 Å². The number of aromatic nitrogens is 2. The fraction of sp³-hybridized carbons (Fsp3) is 0. The molecule has 0 N–H and O–H groups in total. The molecule has 0 radical (unpaired) electrons. The smallest absolute Gasteiger partial charge is 0.131 e. The van der Waals surface area contributed by atoms with Gasteiger partial charge in [-0.25, -0.2) is 0 Å². The molecule has 0 amide bonds. The highest BCUT2D eigenvalue weighted by Gasteiger charge is 2.25. The third kappa shape index (κ3) is 4.97. The average Bonchev–Trinajstić information content (AvgIpc) is 3.89. The Hall–Kier alpha value is -6.25. The predicted molar refractivity (Wildman–Crippen MR) is 235 cm³/mol. The normalized spacial score (nSPS) is 11.9. The number of hydrogen-bond donors (Lipinski definition) is 0. The molecule has 0 aliphatic heterocycles. The first kappa shape index (κ1) is 31.3. The van der Waals surface area contributed by atoms with Gasteiger partial charge in [-0.3, -0.25) is 9.13 Å². The van der Waals surface area contributed by atoms with Crippen LogP contribution in [-0.2, 0) is 0 Å². The van der Waals surface area contributed by atoms with Crippen molar-refractivity contribution in [1.82, 2.24) is 9.13 Å². The minimum Gasteiger partial charge on any atom is -0.295 e. The lowest BCUT2D eigenvalue weighted by Crippen LogP contribution is -2.20. The lowest BCUT2D eigenvalue weighted by atomic mass is 10.0. The van der Waals surface area contributed by atoms with E-state index in [-0.39, 0.29) is 0 Å². The SMILES string of the molecule is c1ccc(-n2c3ccc(-c4ccc5sc6ccccc6c5c4)cc3c3c4ccc(P(c5ccccc5)c5ccccc5)cc4n(-c4ccccc4)c32)cc1. The third-order valence-electron chi connectivity index (χ3n) is 10.7. The maximum Gasteiger partial charge on any atom is 0.131 e. The number of para-hydroxylation sites is 2. The molecule has 0 atom stereocenters. The van der Waals surface area contributed by atoms with Crippen LogP contribution in [0.5, 0.6) is 0 Å². The Morgan fingerprint density at radius 2 is 0.889 bits per heavy atom. The van der Waals surface area contributed by atoms with Gasteiger partial charge in [-0.05, 0) is 95.6 Å². The van der Waals surface area contributed by atoms with Crippen molar-refractivity contribution in [3.8, 4) is 22.5 Å². The number of nitrogens with zero attached hydrogens (tertiary/aromatic N) is 2. The first-order valence-corrected chi connectivity index (χ1v) is 20.5. The van der Waals surface area contributed by atoms with Crippen LogP contribution in [-0.4, -0.2) is 9.13 Å². The van der Waals surface area contributed by atoms with Crippen molar-refractivity contribution in [2.75, 3.05) is 0 Å². The molecular formula is C50H33N2PS. The highest BCUT2D eigenvalue weighted by Crippen LogP contribution is 2.44. The van der Waals surface area contributed by atoms with Gasteiger partial charge in [0.1, 0.15) is 5.65 Å². The molecule has 11 rings (SSSR count). The lowest BCUT2D eigenvalue weighted by molar-refractivity contribution is 1.07. The predicted octanol–water partition coefficient (Wildman–Crippen LogP) is 12.5. The second-order valence-electron chi connectivity index (χ2n) is 13.8. The van der Waals surface area contributed by atoms with Crippen LogP contribution in [0.3, 0.4) is 0 Å². The topological polar surface area (TPSA) is 9.86 Å². The summed E-state index contributed by atoms with van der Waals surface area (Å²) >= 11 is 1.87. The molecule has 2 nitrogen and oxygen atoms in total. The zero-order chi connectivity index (χ0) is 35.6. The first-order valence-electron chi connectivity index (χ1n) is 18.4. The molecule has 0 bridgehead atoms. The molecule has 0 aliphatic rings. The Morgan fingerprint density at radius 3 is 1.56 bits per heavy atom. The third-order valence-corrected chi connectivity index (χ3v) is 14.2. The average molecular weight is 725 g/mol. The minimum absolute atomic E-state index is 0.780. The summed E-state index contributed by atoms with van der Waals surface area (Å²) in [5.41, 5.74) is 8.34. The van der Waals surface area contributed by atoms with E-state index in [4.69, 9.17) is 0 Å². The molecule has 54 heavy (non-hydrogen) atoms. The van der Waals surface area contributed by atoms with Crippen molar-refractivity contribution >= 4 is 88.2 Å². The quantitative estimate of drug-likeness (QED) is 0.151. The fourth-order valence-electron chi connectivity index (χ4n) is 8.29. The molecule has 0 unspecified atom stereocenters. The van der Waals surface area contributed by atoms with Gasteiger partial charge >= 0.3 is 0 Å². The molecule has 0 spiro atoms. The molecule has 0 fully saturated rings. The van der Waals surface area contributed by atoms with Crippen molar-refractivity contribution in [2.45, 2.75) is 0 Å². The number of fused-ring (bicyclic) bond motifs is 8. The van der Waals surface area contributed by atoms with Crippen LogP contribution in [0, 0.1) is 0 Å². The molecule has 0 aliphatic carbocycles. The van der Waals surface area contributed by atoms with Crippen LogP contribution >= 0.6 is 19.3 Å². The molecular weight excluding hydrogens is 692 g/mol. The second kappa shape index (κ2) is 12.7. The molecule has 254 valence electrons. The highest BCUT2D eigenvalue weighted by molar-refractivity contribution is 7.79. The number of thiophene rings is 1. The van der Waals surface area contributed by atoms with E-state index in [1.54, 1.807) is 0 Å². The van der Waals surface area contributed by atoms with E-state index in [9.17, 15) is 0 Å². The molecule has 3 aromatic heterocycles. The van der Waals surface area contributed by atoms with Crippen molar-refractivity contribution < 1.29 is 0 Å². The summed E-state index contributed by atoms with van der Waals surface area (Å²) in [6.45, 7) is 0. The zero-order valence-corrected chi connectivity index (χ0v) is 31.0.